The monoisotopic (exact) mass is 280 g/mol. The lowest BCUT2D eigenvalue weighted by molar-refractivity contribution is 0.246. The second kappa shape index (κ2) is 4.72. The highest BCUT2D eigenvalue weighted by molar-refractivity contribution is 9.10. The molecule has 0 saturated carbocycles. The van der Waals surface area contributed by atoms with Gasteiger partial charge in [0.25, 0.3) is 11.0 Å². The summed E-state index contributed by atoms with van der Waals surface area (Å²) in [5.41, 5.74) is 6.10. The lowest BCUT2D eigenvalue weighted by Crippen LogP contribution is -2.04. The fraction of sp³-hybridized carbons (Fsp3) is 0.286. The molecular formula is C7H9BrN2O3S. The lowest BCUT2D eigenvalue weighted by atomic mass is 10.2. The van der Waals surface area contributed by atoms with Gasteiger partial charge in [0.05, 0.1) is 0 Å². The van der Waals surface area contributed by atoms with Crippen molar-refractivity contribution in [2.24, 2.45) is 0 Å². The smallest absolute Gasteiger partial charge is 0.257 e. The molecule has 1 heterocycles. The van der Waals surface area contributed by atoms with Crippen LogP contribution < -0.4 is 5.73 Å². The van der Waals surface area contributed by atoms with Crippen molar-refractivity contribution >= 4 is 32.7 Å². The zero-order chi connectivity index (χ0) is 10.7. The summed E-state index contributed by atoms with van der Waals surface area (Å²) in [6.07, 6.45) is 0.907. The Labute approximate surface area is 91.6 Å². The van der Waals surface area contributed by atoms with Crippen LogP contribution in [0.25, 0.3) is 0 Å². The molecule has 0 aliphatic carbocycles. The third-order valence-corrected chi connectivity index (χ3v) is 2.52. The SMILES string of the molecule is CC(O[SH](=O)=O)c1cc(Br)cnc1N. The molecule has 1 atom stereocenters. The molecule has 0 spiro atoms. The van der Waals surface area contributed by atoms with E-state index in [1.54, 1.807) is 13.0 Å². The first-order valence-electron chi connectivity index (χ1n) is 3.72. The largest absolute Gasteiger partial charge is 0.383 e. The standard InChI is InChI=1S/C7H9BrN2O3S/c1-4(13-14(11)12)6-2-5(8)3-10-7(6)9/h2-4,14H,1H3,(H2,9,10). The Balaban J connectivity index is 2.99. The number of thiol groups is 1. The molecule has 0 saturated heterocycles. The van der Waals surface area contributed by atoms with Crippen LogP contribution in [0.1, 0.15) is 18.6 Å². The second-order valence-corrected chi connectivity index (χ2v) is 4.17. The number of rotatable bonds is 3. The van der Waals surface area contributed by atoms with Gasteiger partial charge in [-0.3, -0.25) is 4.18 Å². The maximum atomic E-state index is 10.3. The number of anilines is 1. The molecule has 5 nitrogen and oxygen atoms in total. The first-order valence-corrected chi connectivity index (χ1v) is 5.61. The van der Waals surface area contributed by atoms with Gasteiger partial charge in [0.2, 0.25) is 0 Å². The number of nitrogens with two attached hydrogens (primary N) is 1. The Kier molecular flexibility index (Phi) is 3.85. The van der Waals surface area contributed by atoms with Crippen LogP contribution in [0.4, 0.5) is 5.82 Å². The van der Waals surface area contributed by atoms with Gasteiger partial charge in [-0.25, -0.2) is 13.4 Å². The van der Waals surface area contributed by atoms with Gasteiger partial charge in [-0.2, -0.15) is 0 Å². The van der Waals surface area contributed by atoms with E-state index < -0.39 is 17.1 Å². The molecule has 0 bridgehead atoms. The van der Waals surface area contributed by atoms with Gasteiger partial charge in [0.1, 0.15) is 11.9 Å². The Morgan fingerprint density at radius 3 is 2.86 bits per heavy atom. The Hall–Kier alpha value is -0.660. The van der Waals surface area contributed by atoms with E-state index in [4.69, 9.17) is 5.73 Å². The first kappa shape index (κ1) is 11.4. The van der Waals surface area contributed by atoms with Gasteiger partial charge in [0, 0.05) is 16.2 Å². The van der Waals surface area contributed by atoms with Gasteiger partial charge < -0.3 is 5.73 Å². The molecule has 2 N–H and O–H groups in total. The fourth-order valence-electron chi connectivity index (χ4n) is 0.977. The first-order chi connectivity index (χ1) is 6.50. The zero-order valence-corrected chi connectivity index (χ0v) is 9.79. The molecule has 1 unspecified atom stereocenters. The molecule has 0 radical (unpaired) electrons. The molecule has 0 aliphatic heterocycles. The number of nitrogens with zero attached hydrogens (tertiary/aromatic N) is 1. The van der Waals surface area contributed by atoms with Crippen LogP contribution in [0.5, 0.6) is 0 Å². The summed E-state index contributed by atoms with van der Waals surface area (Å²) >= 11 is 3.21. The number of pyridine rings is 1. The van der Waals surface area contributed by atoms with Crippen molar-refractivity contribution in [3.05, 3.63) is 22.3 Å². The number of halogens is 1. The Morgan fingerprint density at radius 1 is 1.64 bits per heavy atom. The van der Waals surface area contributed by atoms with Crippen LogP contribution in [0, 0.1) is 0 Å². The highest BCUT2D eigenvalue weighted by Crippen LogP contribution is 2.24. The van der Waals surface area contributed by atoms with Crippen molar-refractivity contribution in [3.8, 4) is 0 Å². The van der Waals surface area contributed by atoms with E-state index in [1.165, 1.54) is 6.20 Å². The number of hydrogen-bond donors (Lipinski definition) is 2. The molecule has 0 amide bonds. The highest BCUT2D eigenvalue weighted by Gasteiger charge is 2.12. The van der Waals surface area contributed by atoms with E-state index in [0.29, 0.717) is 5.56 Å². The average molecular weight is 281 g/mol. The van der Waals surface area contributed by atoms with Gasteiger partial charge in [0.15, 0.2) is 0 Å². The minimum absolute atomic E-state index is 0.262. The third kappa shape index (κ3) is 2.93. The molecule has 0 aromatic carbocycles. The van der Waals surface area contributed by atoms with Crippen molar-refractivity contribution in [2.45, 2.75) is 13.0 Å². The van der Waals surface area contributed by atoms with Crippen LogP contribution >= 0.6 is 15.9 Å². The second-order valence-electron chi connectivity index (χ2n) is 2.60. The Bertz CT molecular complexity index is 400. The van der Waals surface area contributed by atoms with Gasteiger partial charge >= 0.3 is 0 Å². The van der Waals surface area contributed by atoms with Crippen molar-refractivity contribution in [1.82, 2.24) is 4.98 Å². The average Bonchev–Trinajstić information content (AvgIpc) is 2.08. The summed E-state index contributed by atoms with van der Waals surface area (Å²) in [7, 11) is -2.88. The molecule has 78 valence electrons. The summed E-state index contributed by atoms with van der Waals surface area (Å²) in [5, 5.41) is 0. The van der Waals surface area contributed by atoms with Crippen molar-refractivity contribution < 1.29 is 12.6 Å². The molecular weight excluding hydrogens is 272 g/mol. The maximum absolute atomic E-state index is 10.3. The van der Waals surface area contributed by atoms with Gasteiger partial charge in [-0.1, -0.05) is 0 Å². The van der Waals surface area contributed by atoms with E-state index in [1.807, 2.05) is 0 Å². The third-order valence-electron chi connectivity index (χ3n) is 1.60. The summed E-state index contributed by atoms with van der Waals surface area (Å²) in [6, 6.07) is 1.67. The zero-order valence-electron chi connectivity index (χ0n) is 7.31. The van der Waals surface area contributed by atoms with Crippen LogP contribution in [-0.4, -0.2) is 13.4 Å². The van der Waals surface area contributed by atoms with Crippen LogP contribution in [0.2, 0.25) is 0 Å². The van der Waals surface area contributed by atoms with Crippen LogP contribution in [-0.2, 0) is 15.2 Å². The van der Waals surface area contributed by atoms with Crippen LogP contribution in [0.15, 0.2) is 16.7 Å². The molecule has 14 heavy (non-hydrogen) atoms. The molecule has 1 aromatic rings. The summed E-state index contributed by atoms with van der Waals surface area (Å²) in [5.74, 6) is 0.262. The number of nitrogen functional groups attached to an aromatic ring is 1. The van der Waals surface area contributed by atoms with Gasteiger partial charge in [-0.15, -0.1) is 0 Å². The van der Waals surface area contributed by atoms with Crippen molar-refractivity contribution in [3.63, 3.8) is 0 Å². The summed E-state index contributed by atoms with van der Waals surface area (Å²) in [6.45, 7) is 1.59. The van der Waals surface area contributed by atoms with E-state index in [9.17, 15) is 8.42 Å². The summed E-state index contributed by atoms with van der Waals surface area (Å²) < 4.78 is 25.9. The predicted molar refractivity (Wildman–Crippen MR) is 56.2 cm³/mol. The molecule has 7 heteroatoms. The number of aromatic nitrogens is 1. The number of hydrogen-bond acceptors (Lipinski definition) is 5. The molecule has 0 fully saturated rings. The normalized spacial score (nSPS) is 13.1. The molecule has 1 aromatic heterocycles. The van der Waals surface area contributed by atoms with Crippen molar-refractivity contribution in [1.29, 1.82) is 0 Å². The Morgan fingerprint density at radius 2 is 2.29 bits per heavy atom. The van der Waals surface area contributed by atoms with Gasteiger partial charge in [-0.05, 0) is 28.9 Å². The highest BCUT2D eigenvalue weighted by atomic mass is 79.9. The maximum Gasteiger partial charge on any atom is 0.257 e. The minimum Gasteiger partial charge on any atom is -0.383 e. The predicted octanol–water partition coefficient (Wildman–Crippen LogP) is 1.03. The van der Waals surface area contributed by atoms with Crippen LogP contribution in [0.3, 0.4) is 0 Å². The van der Waals surface area contributed by atoms with Crippen molar-refractivity contribution in [2.75, 3.05) is 5.73 Å². The lowest BCUT2D eigenvalue weighted by Gasteiger charge is -2.10. The van der Waals surface area contributed by atoms with E-state index >= 15 is 0 Å². The fourth-order valence-corrected chi connectivity index (χ4v) is 1.70. The van der Waals surface area contributed by atoms with E-state index in [0.717, 1.165) is 4.47 Å². The van der Waals surface area contributed by atoms with E-state index in [-0.39, 0.29) is 5.82 Å². The molecule has 1 rings (SSSR count). The topological polar surface area (TPSA) is 82.3 Å². The quantitative estimate of drug-likeness (QED) is 0.809. The minimum atomic E-state index is -2.88. The summed E-state index contributed by atoms with van der Waals surface area (Å²) in [4.78, 5) is 3.86. The molecule has 0 aliphatic rings. The van der Waals surface area contributed by atoms with E-state index in [2.05, 4.69) is 25.1 Å².